The minimum absolute atomic E-state index is 0.0423. The summed E-state index contributed by atoms with van der Waals surface area (Å²) in [6, 6.07) is 7.26. The molecular weight excluding hydrogens is 204 g/mol. The molecule has 16 heavy (non-hydrogen) atoms. The van der Waals surface area contributed by atoms with Gasteiger partial charge in [-0.25, -0.2) is 4.98 Å². The van der Waals surface area contributed by atoms with Crippen molar-refractivity contribution in [3.63, 3.8) is 0 Å². The summed E-state index contributed by atoms with van der Waals surface area (Å²) in [6.07, 6.45) is 0.907. The number of benzene rings is 1. The Kier molecular flexibility index (Phi) is 2.04. The number of hydrogen-bond acceptors (Lipinski definition) is 3. The van der Waals surface area contributed by atoms with E-state index in [2.05, 4.69) is 4.98 Å². The van der Waals surface area contributed by atoms with Gasteiger partial charge in [-0.3, -0.25) is 9.36 Å². The minimum Gasteiger partial charge on any atom is -0.385 e. The lowest BCUT2D eigenvalue weighted by Gasteiger charge is -2.22. The normalized spacial score (nSPS) is 19.7. The lowest BCUT2D eigenvalue weighted by Crippen LogP contribution is -2.30. The molecule has 0 aliphatic carbocycles. The third kappa shape index (κ3) is 1.27. The highest BCUT2D eigenvalue weighted by molar-refractivity contribution is 5.77. The summed E-state index contributed by atoms with van der Waals surface area (Å²) < 4.78 is 1.59. The Hall–Kier alpha value is -1.68. The summed E-state index contributed by atoms with van der Waals surface area (Å²) in [6.45, 7) is 0.656. The summed E-state index contributed by atoms with van der Waals surface area (Å²) >= 11 is 0. The van der Waals surface area contributed by atoms with Crippen LogP contribution in [0.2, 0.25) is 0 Å². The van der Waals surface area contributed by atoms with Crippen molar-refractivity contribution < 1.29 is 5.11 Å². The molecule has 2 aromatic rings. The van der Waals surface area contributed by atoms with E-state index in [9.17, 15) is 9.90 Å². The van der Waals surface area contributed by atoms with Crippen LogP contribution >= 0.6 is 0 Å². The predicted molar refractivity (Wildman–Crippen MR) is 60.2 cm³/mol. The quantitative estimate of drug-likeness (QED) is 0.720. The van der Waals surface area contributed by atoms with Crippen molar-refractivity contribution in [3.8, 4) is 0 Å². The molecule has 0 radical (unpaired) electrons. The summed E-state index contributed by atoms with van der Waals surface area (Å²) in [7, 11) is 0. The topological polar surface area (TPSA) is 55.1 Å². The Balaban J connectivity index is 2.41. The fourth-order valence-corrected chi connectivity index (χ4v) is 2.23. The number of para-hydroxylation sites is 1. The third-order valence-corrected chi connectivity index (χ3v) is 3.05. The Bertz CT molecular complexity index is 603. The van der Waals surface area contributed by atoms with E-state index in [1.54, 1.807) is 16.7 Å². The highest BCUT2D eigenvalue weighted by atomic mass is 16.3. The maximum Gasteiger partial charge on any atom is 0.261 e. The van der Waals surface area contributed by atoms with Crippen LogP contribution < -0.4 is 5.56 Å². The number of aromatic nitrogens is 2. The van der Waals surface area contributed by atoms with Crippen LogP contribution in [0.1, 0.15) is 24.8 Å². The van der Waals surface area contributed by atoms with Crippen molar-refractivity contribution in [1.82, 2.24) is 9.55 Å². The molecule has 4 nitrogen and oxygen atoms in total. The van der Waals surface area contributed by atoms with Gasteiger partial charge in [-0.15, -0.1) is 0 Å². The molecule has 0 saturated heterocycles. The van der Waals surface area contributed by atoms with Gasteiger partial charge in [-0.1, -0.05) is 12.1 Å². The van der Waals surface area contributed by atoms with Gasteiger partial charge in [0.25, 0.3) is 5.56 Å². The highest BCUT2D eigenvalue weighted by Crippen LogP contribution is 2.22. The summed E-state index contributed by atoms with van der Waals surface area (Å²) in [5, 5.41) is 10.4. The zero-order valence-electron chi connectivity index (χ0n) is 8.76. The third-order valence-electron chi connectivity index (χ3n) is 3.05. The van der Waals surface area contributed by atoms with Crippen LogP contribution in [0.15, 0.2) is 29.1 Å². The molecule has 82 valence electrons. The molecule has 1 unspecified atom stereocenters. The van der Waals surface area contributed by atoms with Gasteiger partial charge < -0.3 is 5.11 Å². The van der Waals surface area contributed by atoms with Crippen LogP contribution in [0, 0.1) is 0 Å². The molecule has 4 heteroatoms. The number of hydrogen-bond donors (Lipinski definition) is 1. The molecule has 0 spiro atoms. The van der Waals surface area contributed by atoms with E-state index in [1.807, 2.05) is 12.1 Å². The number of aliphatic hydroxyl groups excluding tert-OH is 1. The molecule has 2 heterocycles. The van der Waals surface area contributed by atoms with Crippen molar-refractivity contribution in [1.29, 1.82) is 0 Å². The number of rotatable bonds is 0. The molecule has 1 atom stereocenters. The molecule has 0 fully saturated rings. The minimum atomic E-state index is -0.606. The second-order valence-corrected chi connectivity index (χ2v) is 4.10. The maximum atomic E-state index is 12.1. The average Bonchev–Trinajstić information content (AvgIpc) is 2.31. The molecule has 1 N–H and O–H groups in total. The summed E-state index contributed by atoms with van der Waals surface area (Å²) in [5.74, 6) is 0.509. The molecule has 0 saturated carbocycles. The first-order valence-corrected chi connectivity index (χ1v) is 5.45. The SMILES string of the molecule is O=c1c2ccccc2nc2n1CCCC2O. The van der Waals surface area contributed by atoms with Gasteiger partial charge in [0.05, 0.1) is 10.9 Å². The molecule has 1 aliphatic rings. The lowest BCUT2D eigenvalue weighted by molar-refractivity contribution is 0.131. The van der Waals surface area contributed by atoms with Crippen LogP contribution in [0.4, 0.5) is 0 Å². The van der Waals surface area contributed by atoms with Gasteiger partial charge >= 0.3 is 0 Å². The predicted octanol–water partition coefficient (Wildman–Crippen LogP) is 1.22. The van der Waals surface area contributed by atoms with E-state index < -0.39 is 6.10 Å². The first-order chi connectivity index (χ1) is 7.77. The second-order valence-electron chi connectivity index (χ2n) is 4.10. The zero-order chi connectivity index (χ0) is 11.1. The lowest BCUT2D eigenvalue weighted by atomic mass is 10.1. The average molecular weight is 216 g/mol. The molecule has 0 bridgehead atoms. The maximum absolute atomic E-state index is 12.1. The first-order valence-electron chi connectivity index (χ1n) is 5.45. The van der Waals surface area contributed by atoms with Crippen LogP contribution in [0.25, 0.3) is 10.9 Å². The highest BCUT2D eigenvalue weighted by Gasteiger charge is 2.21. The molecule has 3 rings (SSSR count). The number of aliphatic hydroxyl groups is 1. The monoisotopic (exact) mass is 216 g/mol. The Labute approximate surface area is 92.2 Å². The van der Waals surface area contributed by atoms with E-state index in [0.717, 1.165) is 6.42 Å². The Morgan fingerprint density at radius 1 is 1.38 bits per heavy atom. The molecule has 1 aromatic heterocycles. The van der Waals surface area contributed by atoms with Crippen molar-refractivity contribution in [3.05, 3.63) is 40.4 Å². The number of nitrogens with zero attached hydrogens (tertiary/aromatic N) is 2. The van der Waals surface area contributed by atoms with Crippen LogP contribution in [-0.2, 0) is 6.54 Å². The van der Waals surface area contributed by atoms with Gasteiger partial charge in [-0.2, -0.15) is 0 Å². The van der Waals surface area contributed by atoms with E-state index in [-0.39, 0.29) is 5.56 Å². The van der Waals surface area contributed by atoms with Crippen molar-refractivity contribution in [2.24, 2.45) is 0 Å². The first kappa shape index (κ1) is 9.54. The zero-order valence-corrected chi connectivity index (χ0v) is 8.76. The van der Waals surface area contributed by atoms with Crippen LogP contribution in [0.3, 0.4) is 0 Å². The molecule has 0 amide bonds. The van der Waals surface area contributed by atoms with Crippen LogP contribution in [-0.4, -0.2) is 14.7 Å². The standard InChI is InChI=1S/C12H12N2O2/c15-10-6-3-7-14-11(10)13-9-5-2-1-4-8(9)12(14)16/h1-2,4-5,10,15H,3,6-7H2. The van der Waals surface area contributed by atoms with Crippen molar-refractivity contribution in [2.75, 3.05) is 0 Å². The van der Waals surface area contributed by atoms with Gasteiger partial charge in [0.15, 0.2) is 0 Å². The largest absolute Gasteiger partial charge is 0.385 e. The van der Waals surface area contributed by atoms with Gasteiger partial charge in [0, 0.05) is 6.54 Å². The second kappa shape index (κ2) is 3.42. The van der Waals surface area contributed by atoms with Gasteiger partial charge in [0.1, 0.15) is 11.9 Å². The molecule has 1 aliphatic heterocycles. The fraction of sp³-hybridized carbons (Fsp3) is 0.333. The van der Waals surface area contributed by atoms with E-state index in [0.29, 0.717) is 29.7 Å². The number of fused-ring (bicyclic) bond motifs is 2. The van der Waals surface area contributed by atoms with Crippen LogP contribution in [0.5, 0.6) is 0 Å². The Morgan fingerprint density at radius 2 is 2.19 bits per heavy atom. The summed E-state index contributed by atoms with van der Waals surface area (Å²) in [5.41, 5.74) is 0.624. The smallest absolute Gasteiger partial charge is 0.261 e. The molecule has 1 aromatic carbocycles. The van der Waals surface area contributed by atoms with Gasteiger partial charge in [0.2, 0.25) is 0 Å². The van der Waals surface area contributed by atoms with Gasteiger partial charge in [-0.05, 0) is 25.0 Å². The summed E-state index contributed by atoms with van der Waals surface area (Å²) in [4.78, 5) is 16.5. The van der Waals surface area contributed by atoms with Crippen molar-refractivity contribution in [2.45, 2.75) is 25.5 Å². The van der Waals surface area contributed by atoms with Crippen molar-refractivity contribution >= 4 is 10.9 Å². The van der Waals surface area contributed by atoms with E-state index >= 15 is 0 Å². The van der Waals surface area contributed by atoms with E-state index in [4.69, 9.17) is 0 Å². The molecular formula is C12H12N2O2. The Morgan fingerprint density at radius 3 is 3.06 bits per heavy atom. The van der Waals surface area contributed by atoms with E-state index in [1.165, 1.54) is 0 Å². The fourth-order valence-electron chi connectivity index (χ4n) is 2.23.